The topological polar surface area (TPSA) is 134 Å². The summed E-state index contributed by atoms with van der Waals surface area (Å²) in [5.41, 5.74) is 2.55. The van der Waals surface area contributed by atoms with Crippen LogP contribution in [0.4, 0.5) is 16.2 Å². The van der Waals surface area contributed by atoms with Gasteiger partial charge in [-0.1, -0.05) is 0 Å². The van der Waals surface area contributed by atoms with Crippen molar-refractivity contribution in [3.8, 4) is 11.5 Å². The predicted molar refractivity (Wildman–Crippen MR) is 146 cm³/mol. The van der Waals surface area contributed by atoms with Crippen LogP contribution in [0.25, 0.3) is 10.9 Å². The van der Waals surface area contributed by atoms with Gasteiger partial charge in [0.1, 0.15) is 17.2 Å². The number of carbonyl (C=O) groups excluding carboxylic acids is 2. The molecule has 1 unspecified atom stereocenters. The molecule has 3 heterocycles. The van der Waals surface area contributed by atoms with Crippen molar-refractivity contribution in [2.75, 3.05) is 36.8 Å². The third kappa shape index (κ3) is 6.44. The molecule has 11 nitrogen and oxygen atoms in total. The molecule has 38 heavy (non-hydrogen) atoms. The SMILES string of the molecule is Cn1ncc2cc(NC(=O)Nc3ccc(Oc4ccnc(C(=O)NCCC5CNCCN5)c4)cc3)ccc21. The Kier molecular flexibility index (Phi) is 7.76. The molecular formula is C27H30N8O3. The summed E-state index contributed by atoms with van der Waals surface area (Å²) < 4.78 is 7.67. The minimum atomic E-state index is -0.359. The lowest BCUT2D eigenvalue weighted by atomic mass is 10.1. The number of hydrogen-bond acceptors (Lipinski definition) is 7. The molecule has 2 aromatic heterocycles. The minimum absolute atomic E-state index is 0.243. The monoisotopic (exact) mass is 514 g/mol. The second-order valence-electron chi connectivity index (χ2n) is 9.02. The highest BCUT2D eigenvalue weighted by molar-refractivity contribution is 6.01. The quantitative estimate of drug-likeness (QED) is 0.244. The molecule has 0 radical (unpaired) electrons. The first kappa shape index (κ1) is 25.2. The van der Waals surface area contributed by atoms with Gasteiger partial charge in [0, 0.05) is 68.3 Å². The summed E-state index contributed by atoms with van der Waals surface area (Å²) in [6.45, 7) is 3.37. The van der Waals surface area contributed by atoms with E-state index in [0.717, 1.165) is 37.0 Å². The highest BCUT2D eigenvalue weighted by atomic mass is 16.5. The summed E-state index contributed by atoms with van der Waals surface area (Å²) in [5, 5.41) is 20.5. The van der Waals surface area contributed by atoms with Gasteiger partial charge in [-0.25, -0.2) is 4.79 Å². The van der Waals surface area contributed by atoms with Crippen molar-refractivity contribution in [1.82, 2.24) is 30.7 Å². The average molecular weight is 515 g/mol. The number of anilines is 2. The number of amides is 3. The fourth-order valence-electron chi connectivity index (χ4n) is 4.24. The molecule has 1 atom stereocenters. The summed E-state index contributed by atoms with van der Waals surface area (Å²) >= 11 is 0. The van der Waals surface area contributed by atoms with Crippen LogP contribution in [0.1, 0.15) is 16.9 Å². The molecule has 0 aliphatic carbocycles. The van der Waals surface area contributed by atoms with E-state index in [1.807, 2.05) is 25.2 Å². The molecule has 4 aromatic rings. The molecule has 5 rings (SSSR count). The maximum Gasteiger partial charge on any atom is 0.323 e. The van der Waals surface area contributed by atoms with Crippen LogP contribution in [-0.2, 0) is 7.05 Å². The zero-order valence-corrected chi connectivity index (χ0v) is 21.0. The van der Waals surface area contributed by atoms with Crippen LogP contribution in [0.5, 0.6) is 11.5 Å². The third-order valence-electron chi connectivity index (χ3n) is 6.22. The number of benzene rings is 2. The van der Waals surface area contributed by atoms with Crippen molar-refractivity contribution in [3.05, 3.63) is 72.7 Å². The molecule has 0 bridgehead atoms. The standard InChI is InChI=1S/C27H30N8O3/c1-35-25-7-4-20(14-18(25)16-32-35)34-27(37)33-19-2-5-22(6-3-19)38-23-9-11-30-24(15-23)26(36)31-10-8-21-17-28-12-13-29-21/h2-7,9,11,14-16,21,28-29H,8,10,12-13,17H2,1H3,(H,31,36)(H2,33,34,37). The van der Waals surface area contributed by atoms with E-state index < -0.39 is 0 Å². The molecule has 3 amide bonds. The fraction of sp³-hybridized carbons (Fsp3) is 0.259. The lowest BCUT2D eigenvalue weighted by Crippen LogP contribution is -2.49. The molecule has 1 fully saturated rings. The van der Waals surface area contributed by atoms with Gasteiger partial charge in [-0.3, -0.25) is 14.5 Å². The zero-order valence-electron chi connectivity index (χ0n) is 21.0. The van der Waals surface area contributed by atoms with Crippen LogP contribution in [-0.4, -0.2) is 58.9 Å². The van der Waals surface area contributed by atoms with Crippen LogP contribution in [0.2, 0.25) is 0 Å². The van der Waals surface area contributed by atoms with Crippen LogP contribution in [0, 0.1) is 0 Å². The van der Waals surface area contributed by atoms with Crippen molar-refractivity contribution in [1.29, 1.82) is 0 Å². The van der Waals surface area contributed by atoms with E-state index in [4.69, 9.17) is 4.74 Å². The molecular weight excluding hydrogens is 484 g/mol. The van der Waals surface area contributed by atoms with Crippen LogP contribution < -0.4 is 31.3 Å². The van der Waals surface area contributed by atoms with Crippen LogP contribution in [0.15, 0.2) is 67.0 Å². The Bertz CT molecular complexity index is 1410. The van der Waals surface area contributed by atoms with Gasteiger partial charge in [-0.05, 0) is 55.0 Å². The number of carbonyl (C=O) groups is 2. The second kappa shape index (κ2) is 11.7. The van der Waals surface area contributed by atoms with Gasteiger partial charge in [0.25, 0.3) is 5.91 Å². The number of piperazine rings is 1. The van der Waals surface area contributed by atoms with Gasteiger partial charge >= 0.3 is 6.03 Å². The van der Waals surface area contributed by atoms with Gasteiger partial charge in [0.05, 0.1) is 11.7 Å². The van der Waals surface area contributed by atoms with Gasteiger partial charge in [-0.15, -0.1) is 0 Å². The highest BCUT2D eigenvalue weighted by Gasteiger charge is 2.14. The normalized spacial score (nSPS) is 15.1. The Morgan fingerprint density at radius 3 is 2.66 bits per heavy atom. The molecule has 0 saturated carbocycles. The van der Waals surface area contributed by atoms with E-state index in [-0.39, 0.29) is 17.6 Å². The van der Waals surface area contributed by atoms with Crippen molar-refractivity contribution in [3.63, 3.8) is 0 Å². The van der Waals surface area contributed by atoms with Gasteiger partial charge in [0.15, 0.2) is 0 Å². The Hall–Kier alpha value is -4.48. The molecule has 5 N–H and O–H groups in total. The predicted octanol–water partition coefficient (Wildman–Crippen LogP) is 3.09. The molecule has 1 aliphatic heterocycles. The van der Waals surface area contributed by atoms with Crippen molar-refractivity contribution >= 4 is 34.2 Å². The number of ether oxygens (including phenoxy) is 1. The number of pyridine rings is 1. The molecule has 2 aromatic carbocycles. The van der Waals surface area contributed by atoms with E-state index in [9.17, 15) is 9.59 Å². The maximum absolute atomic E-state index is 12.5. The summed E-state index contributed by atoms with van der Waals surface area (Å²) in [7, 11) is 1.87. The number of aryl methyl sites for hydroxylation is 1. The number of fused-ring (bicyclic) bond motifs is 1. The number of nitrogens with zero attached hydrogens (tertiary/aromatic N) is 3. The molecule has 196 valence electrons. The van der Waals surface area contributed by atoms with E-state index in [2.05, 4.69) is 36.7 Å². The summed E-state index contributed by atoms with van der Waals surface area (Å²) in [6.07, 6.45) is 4.14. The fourth-order valence-corrected chi connectivity index (χ4v) is 4.24. The van der Waals surface area contributed by atoms with Gasteiger partial charge in [0.2, 0.25) is 0 Å². The number of hydrogen-bond donors (Lipinski definition) is 5. The Labute approximate surface area is 220 Å². The van der Waals surface area contributed by atoms with E-state index in [0.29, 0.717) is 35.5 Å². The van der Waals surface area contributed by atoms with Gasteiger partial charge < -0.3 is 31.3 Å². The maximum atomic E-state index is 12.5. The first-order valence-electron chi connectivity index (χ1n) is 12.5. The Morgan fingerprint density at radius 2 is 1.84 bits per heavy atom. The number of aromatic nitrogens is 3. The first-order valence-corrected chi connectivity index (χ1v) is 12.5. The summed E-state index contributed by atoms with van der Waals surface area (Å²) in [5.74, 6) is 0.811. The average Bonchev–Trinajstić information content (AvgIpc) is 3.30. The smallest absolute Gasteiger partial charge is 0.323 e. The minimum Gasteiger partial charge on any atom is -0.457 e. The molecule has 1 saturated heterocycles. The molecule has 1 aliphatic rings. The van der Waals surface area contributed by atoms with Gasteiger partial charge in [-0.2, -0.15) is 5.10 Å². The second-order valence-corrected chi connectivity index (χ2v) is 9.02. The van der Waals surface area contributed by atoms with E-state index >= 15 is 0 Å². The Morgan fingerprint density at radius 1 is 1.03 bits per heavy atom. The van der Waals surface area contributed by atoms with Crippen molar-refractivity contribution in [2.45, 2.75) is 12.5 Å². The van der Waals surface area contributed by atoms with Crippen molar-refractivity contribution in [2.24, 2.45) is 7.05 Å². The molecule has 11 heteroatoms. The number of rotatable bonds is 8. The van der Waals surface area contributed by atoms with E-state index in [1.54, 1.807) is 53.5 Å². The Balaban J connectivity index is 1.11. The lowest BCUT2D eigenvalue weighted by molar-refractivity contribution is 0.0946. The highest BCUT2D eigenvalue weighted by Crippen LogP contribution is 2.24. The summed E-state index contributed by atoms with van der Waals surface area (Å²) in [4.78, 5) is 29.1. The lowest BCUT2D eigenvalue weighted by Gasteiger charge is -2.24. The van der Waals surface area contributed by atoms with Crippen LogP contribution in [0.3, 0.4) is 0 Å². The first-order chi connectivity index (χ1) is 18.5. The number of nitrogens with one attached hydrogen (secondary N) is 5. The zero-order chi connectivity index (χ0) is 26.3. The molecule has 0 spiro atoms. The third-order valence-corrected chi connectivity index (χ3v) is 6.22. The number of urea groups is 1. The summed E-state index contributed by atoms with van der Waals surface area (Å²) in [6, 6.07) is 15.8. The van der Waals surface area contributed by atoms with Crippen LogP contribution >= 0.6 is 0 Å². The van der Waals surface area contributed by atoms with E-state index in [1.165, 1.54) is 0 Å². The van der Waals surface area contributed by atoms with Crippen molar-refractivity contribution < 1.29 is 14.3 Å². The largest absolute Gasteiger partial charge is 0.457 e.